The molecule has 3 heteroatoms. The van der Waals surface area contributed by atoms with E-state index >= 15 is 0 Å². The summed E-state index contributed by atoms with van der Waals surface area (Å²) in [5.41, 5.74) is 5.56. The molecule has 1 amide bonds. The third-order valence-electron chi connectivity index (χ3n) is 2.95. The number of rotatable bonds is 4. The first-order valence-electron chi connectivity index (χ1n) is 5.94. The molecule has 0 spiro atoms. The molecule has 1 atom stereocenters. The van der Waals surface area contributed by atoms with Gasteiger partial charge in [-0.25, -0.2) is 0 Å². The van der Waals surface area contributed by atoms with Crippen LogP contribution in [0.15, 0.2) is 0 Å². The fourth-order valence-corrected chi connectivity index (χ4v) is 2.23. The fourth-order valence-electron chi connectivity index (χ4n) is 2.23. The Morgan fingerprint density at radius 3 is 2.33 bits per heavy atom. The van der Waals surface area contributed by atoms with Crippen LogP contribution in [0.1, 0.15) is 52.9 Å². The number of nitrogens with two attached hydrogens (primary N) is 1. The van der Waals surface area contributed by atoms with Crippen LogP contribution in [0.25, 0.3) is 0 Å². The lowest BCUT2D eigenvalue weighted by atomic mass is 9.87. The van der Waals surface area contributed by atoms with E-state index in [4.69, 9.17) is 5.73 Å². The fraction of sp³-hybridized carbons (Fsp3) is 0.917. The summed E-state index contributed by atoms with van der Waals surface area (Å²) in [5.74, 6) is -0.211. The molecule has 3 nitrogen and oxygen atoms in total. The maximum Gasteiger partial charge on any atom is 0.234 e. The first-order valence-corrected chi connectivity index (χ1v) is 5.94. The minimum absolute atomic E-state index is 0.144. The van der Waals surface area contributed by atoms with Crippen molar-refractivity contribution in [3.8, 4) is 0 Å². The smallest absolute Gasteiger partial charge is 0.234 e. The average Bonchev–Trinajstić information content (AvgIpc) is 2.52. The highest BCUT2D eigenvalue weighted by Crippen LogP contribution is 2.23. The molecule has 1 aliphatic carbocycles. The molecule has 0 saturated heterocycles. The van der Waals surface area contributed by atoms with Crippen molar-refractivity contribution in [2.45, 2.75) is 65.0 Å². The number of primary amides is 1. The van der Waals surface area contributed by atoms with Crippen LogP contribution in [0.2, 0.25) is 0 Å². The van der Waals surface area contributed by atoms with E-state index < -0.39 is 0 Å². The van der Waals surface area contributed by atoms with Gasteiger partial charge >= 0.3 is 0 Å². The topological polar surface area (TPSA) is 55.1 Å². The van der Waals surface area contributed by atoms with Gasteiger partial charge in [0.25, 0.3) is 0 Å². The molecule has 1 aliphatic rings. The summed E-state index contributed by atoms with van der Waals surface area (Å²) in [6, 6.07) is 0.345. The molecule has 0 aromatic rings. The third-order valence-corrected chi connectivity index (χ3v) is 2.95. The first kappa shape index (κ1) is 12.5. The molecule has 15 heavy (non-hydrogen) atoms. The van der Waals surface area contributed by atoms with Crippen LogP contribution in [0.5, 0.6) is 0 Å². The predicted molar refractivity (Wildman–Crippen MR) is 62.4 cm³/mol. The normalized spacial score (nSPS) is 20.5. The summed E-state index contributed by atoms with van der Waals surface area (Å²) in [5, 5.41) is 3.40. The molecule has 3 N–H and O–H groups in total. The summed E-state index contributed by atoms with van der Waals surface area (Å²) in [6.07, 6.45) is 5.75. The Bertz CT molecular complexity index is 214. The maximum atomic E-state index is 11.3. The Kier molecular flexibility index (Phi) is 4.14. The third kappa shape index (κ3) is 4.65. The second-order valence-electron chi connectivity index (χ2n) is 5.87. The number of hydrogen-bond donors (Lipinski definition) is 2. The summed E-state index contributed by atoms with van der Waals surface area (Å²) in [7, 11) is 0. The molecule has 0 aliphatic heterocycles. The molecule has 0 aromatic heterocycles. The van der Waals surface area contributed by atoms with E-state index in [-0.39, 0.29) is 17.4 Å². The van der Waals surface area contributed by atoms with Gasteiger partial charge in [-0.15, -0.1) is 0 Å². The van der Waals surface area contributed by atoms with Gasteiger partial charge in [0.05, 0.1) is 6.04 Å². The SMILES string of the molecule is CC(C)(C)CC(NC1CCCC1)C(N)=O. The van der Waals surface area contributed by atoms with Crippen LogP contribution in [0, 0.1) is 5.41 Å². The molecule has 0 heterocycles. The van der Waals surface area contributed by atoms with Gasteiger partial charge in [0.1, 0.15) is 0 Å². The van der Waals surface area contributed by atoms with Crippen LogP contribution in [0.3, 0.4) is 0 Å². The van der Waals surface area contributed by atoms with Gasteiger partial charge in [0, 0.05) is 6.04 Å². The summed E-state index contributed by atoms with van der Waals surface area (Å²) < 4.78 is 0. The minimum Gasteiger partial charge on any atom is -0.368 e. The molecule has 0 radical (unpaired) electrons. The van der Waals surface area contributed by atoms with Crippen molar-refractivity contribution < 1.29 is 4.79 Å². The quantitative estimate of drug-likeness (QED) is 0.746. The lowest BCUT2D eigenvalue weighted by Gasteiger charge is -2.27. The van der Waals surface area contributed by atoms with E-state index in [2.05, 4.69) is 26.1 Å². The predicted octanol–water partition coefficient (Wildman–Crippen LogP) is 1.81. The van der Waals surface area contributed by atoms with Crippen molar-refractivity contribution in [3.05, 3.63) is 0 Å². The van der Waals surface area contributed by atoms with Crippen molar-refractivity contribution in [2.24, 2.45) is 11.1 Å². The van der Waals surface area contributed by atoms with Crippen molar-refractivity contribution >= 4 is 5.91 Å². The van der Waals surface area contributed by atoms with Crippen molar-refractivity contribution in [1.82, 2.24) is 5.32 Å². The zero-order valence-corrected chi connectivity index (χ0v) is 10.2. The Morgan fingerprint density at radius 1 is 1.40 bits per heavy atom. The van der Waals surface area contributed by atoms with Gasteiger partial charge < -0.3 is 11.1 Å². The van der Waals surface area contributed by atoms with E-state index in [9.17, 15) is 4.79 Å². The molecule has 1 rings (SSSR count). The molecular formula is C12H24N2O. The van der Waals surface area contributed by atoms with Crippen molar-refractivity contribution in [1.29, 1.82) is 0 Å². The van der Waals surface area contributed by atoms with Gasteiger partial charge in [-0.05, 0) is 24.7 Å². The Labute approximate surface area is 92.8 Å². The van der Waals surface area contributed by atoms with Crippen molar-refractivity contribution in [2.75, 3.05) is 0 Å². The van der Waals surface area contributed by atoms with Gasteiger partial charge in [-0.3, -0.25) is 4.79 Å². The number of hydrogen-bond acceptors (Lipinski definition) is 2. The van der Waals surface area contributed by atoms with Gasteiger partial charge in [-0.1, -0.05) is 33.6 Å². The van der Waals surface area contributed by atoms with E-state index in [1.165, 1.54) is 25.7 Å². The second-order valence-corrected chi connectivity index (χ2v) is 5.87. The number of carbonyl (C=O) groups is 1. The van der Waals surface area contributed by atoms with Gasteiger partial charge in [-0.2, -0.15) is 0 Å². The van der Waals surface area contributed by atoms with Crippen molar-refractivity contribution in [3.63, 3.8) is 0 Å². The molecule has 88 valence electrons. The molecule has 0 aromatic carbocycles. The molecule has 1 unspecified atom stereocenters. The van der Waals surface area contributed by atoms with E-state index in [0.29, 0.717) is 6.04 Å². The number of nitrogens with one attached hydrogen (secondary N) is 1. The van der Waals surface area contributed by atoms with Gasteiger partial charge in [0.2, 0.25) is 5.91 Å². The molecule has 1 saturated carbocycles. The lowest BCUT2D eigenvalue weighted by Crippen LogP contribution is -2.47. The molecule has 1 fully saturated rings. The average molecular weight is 212 g/mol. The number of amides is 1. The van der Waals surface area contributed by atoms with E-state index in [1.54, 1.807) is 0 Å². The monoisotopic (exact) mass is 212 g/mol. The Hall–Kier alpha value is -0.570. The highest BCUT2D eigenvalue weighted by atomic mass is 16.1. The molecular weight excluding hydrogens is 188 g/mol. The summed E-state index contributed by atoms with van der Waals surface area (Å²) >= 11 is 0. The zero-order valence-electron chi connectivity index (χ0n) is 10.2. The number of carbonyl (C=O) groups excluding carboxylic acids is 1. The van der Waals surface area contributed by atoms with Crippen LogP contribution in [0.4, 0.5) is 0 Å². The Balaban J connectivity index is 2.46. The first-order chi connectivity index (χ1) is 6.88. The Morgan fingerprint density at radius 2 is 1.93 bits per heavy atom. The van der Waals surface area contributed by atoms with Crippen LogP contribution >= 0.6 is 0 Å². The summed E-state index contributed by atoms with van der Waals surface area (Å²) in [4.78, 5) is 11.3. The lowest BCUT2D eigenvalue weighted by molar-refractivity contribution is -0.120. The minimum atomic E-state index is -0.211. The van der Waals surface area contributed by atoms with E-state index in [1.807, 2.05) is 0 Å². The van der Waals surface area contributed by atoms with Gasteiger partial charge in [0.15, 0.2) is 0 Å². The highest BCUT2D eigenvalue weighted by molar-refractivity contribution is 5.79. The van der Waals surface area contributed by atoms with E-state index in [0.717, 1.165) is 6.42 Å². The summed E-state index contributed by atoms with van der Waals surface area (Å²) in [6.45, 7) is 6.41. The highest BCUT2D eigenvalue weighted by Gasteiger charge is 2.26. The zero-order chi connectivity index (χ0) is 11.5. The largest absolute Gasteiger partial charge is 0.368 e. The maximum absolute atomic E-state index is 11.3. The molecule has 0 bridgehead atoms. The van der Waals surface area contributed by atoms with Crippen LogP contribution < -0.4 is 11.1 Å². The second kappa shape index (κ2) is 4.97. The van der Waals surface area contributed by atoms with Crippen LogP contribution in [-0.2, 0) is 4.79 Å². The standard InChI is InChI=1S/C12H24N2O/c1-12(2,3)8-10(11(13)15)14-9-6-4-5-7-9/h9-10,14H,4-8H2,1-3H3,(H2,13,15). The van der Waals surface area contributed by atoms with Crippen LogP contribution in [-0.4, -0.2) is 18.0 Å².